The van der Waals surface area contributed by atoms with Crippen molar-refractivity contribution in [3.63, 3.8) is 0 Å². The van der Waals surface area contributed by atoms with Crippen LogP contribution in [0.2, 0.25) is 0 Å². The van der Waals surface area contributed by atoms with Crippen molar-refractivity contribution in [1.82, 2.24) is 45.4 Å². The number of pyridine rings is 3. The number of ketones is 3. The predicted molar refractivity (Wildman–Crippen MR) is 449 cm³/mol. The Balaban J connectivity index is 0.000000141. The molecule has 0 aliphatic carbocycles. The lowest BCUT2D eigenvalue weighted by molar-refractivity contribution is -0.119. The molecule has 18 heteroatoms. The highest BCUT2D eigenvalue weighted by molar-refractivity contribution is 7.23. The number of thiophene rings is 3. The molecule has 12 heterocycles. The summed E-state index contributed by atoms with van der Waals surface area (Å²) in [5.74, 6) is 3.16. The quantitative estimate of drug-likeness (QED) is 0.0479. The van der Waals surface area contributed by atoms with Crippen LogP contribution in [0.1, 0.15) is 191 Å². The molecule has 0 saturated heterocycles. The molecule has 3 aliphatic rings. The molecule has 3 aromatic carbocycles. The van der Waals surface area contributed by atoms with Gasteiger partial charge in [-0.15, -0.1) is 68.0 Å². The van der Waals surface area contributed by atoms with E-state index in [-0.39, 0.29) is 0 Å². The van der Waals surface area contributed by atoms with Gasteiger partial charge in [0.1, 0.15) is 32.4 Å². The number of Topliss-reactive ketones (excluding diaryl/α,β-unsaturated/α-hetero) is 3. The molecule has 12 aromatic rings. The lowest BCUT2D eigenvalue weighted by Crippen LogP contribution is -2.32. The first-order chi connectivity index (χ1) is 51.6. The van der Waals surface area contributed by atoms with Gasteiger partial charge < -0.3 is 10.6 Å². The number of fused-ring (bicyclic) bond motifs is 6. The standard InChI is InChI=1S/C30H35N3OS2.2C29H33N3OS2/c1-4-20(3)7-6-8-23(34)18-27-29(24-13-16-33(5-2)19-28(24)35-27)30-32-25-17-22(9-10-26(25)36-30)21-11-14-31-15-12-21;1-4-18(2)6-5-7-22(33)17-26-27(23-12-15-31-19(3)28(23)34-26)29-32-24-16-21(8-9-25(24)35-29)20-10-13-30-14-11-20;1-4-18(2)6-5-7-22(33)16-26-28(23-14-19(3)31-17-27(23)34-26)29-32-24-15-21(8-9-25(24)35-29)20-10-12-30-13-11-20/h9-12,14-15,17,20H,4-8,13,16,18-19H2,1-3H3;8-11,13-14,16,18-19,31H,4-7,12,15,17H2,1-3H3;8-13,15,18-19,31H,4-7,14,16-17H2,1-3H3/t20-;2*18-,19+/m000/s1. The molecule has 9 aromatic heterocycles. The third kappa shape index (κ3) is 18.7. The molecule has 0 radical (unpaired) electrons. The molecule has 106 heavy (non-hydrogen) atoms. The fraction of sp³-hybridized carbons (Fsp3) is 0.420. The van der Waals surface area contributed by atoms with Gasteiger partial charge in [0.2, 0.25) is 0 Å². The van der Waals surface area contributed by atoms with Crippen molar-refractivity contribution >= 4 is 116 Å². The zero-order chi connectivity index (χ0) is 73.8. The summed E-state index contributed by atoms with van der Waals surface area (Å²) >= 11 is 10.8. The van der Waals surface area contributed by atoms with Crippen LogP contribution in [0.4, 0.5) is 0 Å². The zero-order valence-electron chi connectivity index (χ0n) is 63.1. The molecule has 3 aliphatic heterocycles. The van der Waals surface area contributed by atoms with Crippen LogP contribution < -0.4 is 10.6 Å². The molecule has 15 rings (SSSR count). The van der Waals surface area contributed by atoms with Gasteiger partial charge in [0.15, 0.2) is 0 Å². The average Bonchev–Trinajstić information content (AvgIpc) is 1.62. The van der Waals surface area contributed by atoms with Gasteiger partial charge in [-0.1, -0.05) is 105 Å². The molecule has 12 nitrogen and oxygen atoms in total. The molecule has 0 amide bonds. The second kappa shape index (κ2) is 36.3. The van der Waals surface area contributed by atoms with Crippen LogP contribution in [0, 0.1) is 17.8 Å². The lowest BCUT2D eigenvalue weighted by Gasteiger charge is -2.25. The van der Waals surface area contributed by atoms with E-state index in [9.17, 15) is 14.4 Å². The molecule has 0 saturated carbocycles. The van der Waals surface area contributed by atoms with Crippen LogP contribution in [-0.4, -0.2) is 77.8 Å². The molecular formula is C88H101N9O3S6. The number of hydrogen-bond acceptors (Lipinski definition) is 18. The van der Waals surface area contributed by atoms with Crippen LogP contribution in [0.3, 0.4) is 0 Å². The topological polar surface area (TPSA) is 156 Å². The molecule has 0 bridgehead atoms. The Hall–Kier alpha value is -7.23. The number of thiazole rings is 3. The number of carbonyl (C=O) groups excluding carboxylic acids is 3. The van der Waals surface area contributed by atoms with Crippen molar-refractivity contribution in [3.05, 3.63) is 174 Å². The number of rotatable bonds is 28. The summed E-state index contributed by atoms with van der Waals surface area (Å²) in [4.78, 5) is 77.1. The van der Waals surface area contributed by atoms with Gasteiger partial charge in [-0.3, -0.25) is 34.2 Å². The van der Waals surface area contributed by atoms with E-state index in [1.807, 2.05) is 108 Å². The number of likely N-dealkylation sites (N-methyl/N-ethyl adjacent to an activating group) is 1. The first-order valence-corrected chi connectivity index (χ1v) is 43.6. The maximum atomic E-state index is 13.0. The minimum absolute atomic E-state index is 0.324. The molecule has 552 valence electrons. The second-order valence-electron chi connectivity index (χ2n) is 29.6. The monoisotopic (exact) mass is 1520 g/mol. The predicted octanol–water partition coefficient (Wildman–Crippen LogP) is 22.9. The van der Waals surface area contributed by atoms with Crippen molar-refractivity contribution in [2.75, 3.05) is 19.6 Å². The first-order valence-electron chi connectivity index (χ1n) is 38.7. The van der Waals surface area contributed by atoms with Gasteiger partial charge in [0, 0.05) is 153 Å². The van der Waals surface area contributed by atoms with Gasteiger partial charge in [0.05, 0.1) is 30.6 Å². The van der Waals surface area contributed by atoms with Crippen molar-refractivity contribution < 1.29 is 14.4 Å². The van der Waals surface area contributed by atoms with E-state index in [0.29, 0.717) is 85.7 Å². The van der Waals surface area contributed by atoms with Gasteiger partial charge >= 0.3 is 0 Å². The largest absolute Gasteiger partial charge is 0.309 e. The zero-order valence-corrected chi connectivity index (χ0v) is 68.0. The summed E-state index contributed by atoms with van der Waals surface area (Å²) in [6.07, 6.45) is 27.5. The number of aromatic nitrogens is 6. The molecule has 0 fully saturated rings. The highest BCUT2D eigenvalue weighted by Gasteiger charge is 2.32. The van der Waals surface area contributed by atoms with Crippen molar-refractivity contribution in [3.8, 4) is 65.1 Å². The summed E-state index contributed by atoms with van der Waals surface area (Å²) < 4.78 is 3.57. The summed E-state index contributed by atoms with van der Waals surface area (Å²) in [6, 6.07) is 32.5. The smallest absolute Gasteiger partial charge is 0.138 e. The van der Waals surface area contributed by atoms with Crippen LogP contribution in [0.5, 0.6) is 0 Å². The average molecular weight is 1530 g/mol. The van der Waals surface area contributed by atoms with Crippen LogP contribution in [-0.2, 0) is 66.0 Å². The molecule has 0 spiro atoms. The maximum absolute atomic E-state index is 13.0. The third-order valence-electron chi connectivity index (χ3n) is 21.7. The third-order valence-corrected chi connectivity index (χ3v) is 28.8. The number of benzene rings is 3. The van der Waals surface area contributed by atoms with E-state index in [1.165, 1.54) is 96.0 Å². The van der Waals surface area contributed by atoms with Crippen LogP contribution in [0.25, 0.3) is 95.7 Å². The summed E-state index contributed by atoms with van der Waals surface area (Å²) in [5.41, 5.74) is 17.9. The summed E-state index contributed by atoms with van der Waals surface area (Å²) in [6.45, 7) is 25.2. The molecule has 2 N–H and O–H groups in total. The SMILES string of the molecule is CC[C@H](C)CCCC(=O)Cc1sc2c(c1-c1nc3cc(-c4ccncc4)ccc3s1)CCN(CC)C2.CC[C@H](C)CCCC(=O)Cc1sc2c(c1-c1nc3cc(-c4ccncc4)ccc3s1)CCN[C@@H]2C.CC[C@H](C)CCCC(=O)Cc1sc2c(c1-c1nc3cc(-c4ccncc4)ccc3s1)C[C@@H](C)NC2. The number of nitrogens with one attached hydrogen (secondary N) is 2. The summed E-state index contributed by atoms with van der Waals surface area (Å²) in [7, 11) is 0. The van der Waals surface area contributed by atoms with Crippen LogP contribution in [0.15, 0.2) is 128 Å². The Morgan fingerprint density at radius 2 is 0.877 bits per heavy atom. The highest BCUT2D eigenvalue weighted by Crippen LogP contribution is 2.48. The lowest BCUT2D eigenvalue weighted by atomic mass is 9.96. The number of hydrogen-bond donors (Lipinski definition) is 2. The van der Waals surface area contributed by atoms with Gasteiger partial charge in [-0.05, 0) is 206 Å². The van der Waals surface area contributed by atoms with E-state index >= 15 is 0 Å². The van der Waals surface area contributed by atoms with Gasteiger partial charge in [-0.2, -0.15) is 0 Å². The minimum Gasteiger partial charge on any atom is -0.309 e. The Morgan fingerprint density at radius 3 is 1.30 bits per heavy atom. The fourth-order valence-electron chi connectivity index (χ4n) is 14.7. The van der Waals surface area contributed by atoms with Crippen molar-refractivity contribution in [2.24, 2.45) is 17.8 Å². The normalized spacial score (nSPS) is 15.8. The van der Waals surface area contributed by atoms with Gasteiger partial charge in [0.25, 0.3) is 0 Å². The number of carbonyl (C=O) groups is 3. The number of nitrogens with zero attached hydrogens (tertiary/aromatic N) is 7. The summed E-state index contributed by atoms with van der Waals surface area (Å²) in [5, 5.41) is 10.4. The van der Waals surface area contributed by atoms with Crippen molar-refractivity contribution in [1.29, 1.82) is 0 Å². The second-order valence-corrected chi connectivity index (χ2v) is 36.2. The molecule has 0 unspecified atom stereocenters. The van der Waals surface area contributed by atoms with E-state index in [1.54, 1.807) is 34.0 Å². The van der Waals surface area contributed by atoms with Crippen molar-refractivity contribution in [2.45, 2.75) is 203 Å². The molecular weight excluding hydrogens is 1420 g/mol. The van der Waals surface area contributed by atoms with Gasteiger partial charge in [-0.25, -0.2) is 15.0 Å². The Bertz CT molecular complexity index is 4970. The van der Waals surface area contributed by atoms with E-state index in [4.69, 9.17) is 15.0 Å². The fourth-order valence-corrected chi connectivity index (χ4v) is 22.2. The van der Waals surface area contributed by atoms with Crippen LogP contribution >= 0.6 is 68.0 Å². The highest BCUT2D eigenvalue weighted by atomic mass is 32.1. The Labute approximate surface area is 650 Å². The first kappa shape index (κ1) is 76.9. The maximum Gasteiger partial charge on any atom is 0.138 e. The minimum atomic E-state index is 0.324. The molecule has 5 atom stereocenters. The van der Waals surface area contributed by atoms with E-state index in [0.717, 1.165) is 155 Å². The Kier molecular flexibility index (Phi) is 26.4. The van der Waals surface area contributed by atoms with E-state index in [2.05, 4.69) is 147 Å². The Morgan fingerprint density at radius 1 is 0.472 bits per heavy atom. The van der Waals surface area contributed by atoms with E-state index < -0.39 is 0 Å².